The number of carbonyl (C=O) groups excluding carboxylic acids is 1. The van der Waals surface area contributed by atoms with E-state index in [4.69, 9.17) is 9.84 Å². The Labute approximate surface area is 122 Å². The van der Waals surface area contributed by atoms with Gasteiger partial charge in [-0.15, -0.1) is 0 Å². The minimum atomic E-state index is -1.43. The monoisotopic (exact) mass is 294 g/mol. The second-order valence-corrected chi connectivity index (χ2v) is 5.57. The lowest BCUT2D eigenvalue weighted by molar-refractivity contribution is -0.149. The normalized spacial score (nSPS) is 17.2. The topological polar surface area (TPSA) is 63.6 Å². The fourth-order valence-electron chi connectivity index (χ4n) is 3.29. The Bertz CT molecular complexity index is 547. The molecule has 1 aliphatic rings. The molecule has 4 nitrogen and oxygen atoms in total. The van der Waals surface area contributed by atoms with Gasteiger partial charge in [0.1, 0.15) is 0 Å². The summed E-state index contributed by atoms with van der Waals surface area (Å²) in [6.45, 7) is 0. The summed E-state index contributed by atoms with van der Waals surface area (Å²) >= 11 is 0. The highest BCUT2D eigenvalue weighted by Gasteiger charge is 2.40. The van der Waals surface area contributed by atoms with Crippen LogP contribution < -0.4 is 4.74 Å². The van der Waals surface area contributed by atoms with Gasteiger partial charge in [0, 0.05) is 17.4 Å². The molecular formula is C16H19FO4. The van der Waals surface area contributed by atoms with E-state index in [-0.39, 0.29) is 12.2 Å². The molecule has 1 aliphatic carbocycles. The molecule has 0 saturated heterocycles. The van der Waals surface area contributed by atoms with Crippen LogP contribution in [0.5, 0.6) is 5.75 Å². The van der Waals surface area contributed by atoms with E-state index in [1.807, 2.05) is 0 Å². The number of carboxylic acid groups (broad SMARTS) is 1. The van der Waals surface area contributed by atoms with Crippen molar-refractivity contribution in [1.29, 1.82) is 0 Å². The number of Topliss-reactive ketones (excluding diaryl/α,β-unsaturated/α-hetero) is 1. The van der Waals surface area contributed by atoms with Crippen LogP contribution in [0.25, 0.3) is 0 Å². The van der Waals surface area contributed by atoms with E-state index in [0.717, 1.165) is 19.3 Å². The molecular weight excluding hydrogens is 275 g/mol. The van der Waals surface area contributed by atoms with Gasteiger partial charge < -0.3 is 9.84 Å². The van der Waals surface area contributed by atoms with Crippen molar-refractivity contribution in [2.75, 3.05) is 7.11 Å². The van der Waals surface area contributed by atoms with E-state index in [1.165, 1.54) is 13.2 Å². The molecule has 1 aromatic carbocycles. The summed E-state index contributed by atoms with van der Waals surface area (Å²) in [5.41, 5.74) is -0.0273. The number of carboxylic acids is 1. The molecule has 114 valence electrons. The van der Waals surface area contributed by atoms with Crippen LogP contribution in [0.1, 0.15) is 44.1 Å². The van der Waals surface area contributed by atoms with Gasteiger partial charge in [-0.2, -0.15) is 0 Å². The number of carbonyl (C=O) groups is 2. The molecule has 1 N–H and O–H groups in total. The van der Waals surface area contributed by atoms with Crippen LogP contribution in [-0.4, -0.2) is 24.0 Å². The lowest BCUT2D eigenvalue weighted by atomic mass is 9.66. The number of halogens is 1. The summed E-state index contributed by atoms with van der Waals surface area (Å²) in [7, 11) is 1.39. The van der Waals surface area contributed by atoms with Crippen LogP contribution in [0.3, 0.4) is 0 Å². The number of hydrogen-bond donors (Lipinski definition) is 1. The van der Waals surface area contributed by atoms with E-state index in [1.54, 1.807) is 12.1 Å². The third kappa shape index (κ3) is 3.06. The Balaban J connectivity index is 2.47. The van der Waals surface area contributed by atoms with Gasteiger partial charge >= 0.3 is 5.97 Å². The molecule has 21 heavy (non-hydrogen) atoms. The van der Waals surface area contributed by atoms with Crippen LogP contribution in [0.15, 0.2) is 18.2 Å². The first-order valence-corrected chi connectivity index (χ1v) is 7.09. The molecule has 2 rings (SSSR count). The summed E-state index contributed by atoms with van der Waals surface area (Å²) < 4.78 is 19.1. The Morgan fingerprint density at radius 2 is 1.95 bits per heavy atom. The number of methoxy groups -OCH3 is 1. The summed E-state index contributed by atoms with van der Waals surface area (Å²) in [5.74, 6) is -2.63. The average Bonchev–Trinajstić information content (AvgIpc) is 2.47. The fourth-order valence-corrected chi connectivity index (χ4v) is 3.29. The Morgan fingerprint density at radius 1 is 1.29 bits per heavy atom. The van der Waals surface area contributed by atoms with Crippen molar-refractivity contribution in [3.63, 3.8) is 0 Å². The molecule has 0 radical (unpaired) electrons. The van der Waals surface area contributed by atoms with Crippen LogP contribution >= 0.6 is 0 Å². The molecule has 5 heteroatoms. The maximum absolute atomic E-state index is 13.9. The number of para-hydroxylation sites is 1. The minimum Gasteiger partial charge on any atom is -0.493 e. The molecule has 0 atom stereocenters. The quantitative estimate of drug-likeness (QED) is 0.848. The van der Waals surface area contributed by atoms with Gasteiger partial charge in [-0.1, -0.05) is 31.4 Å². The fraction of sp³-hybridized carbons (Fsp3) is 0.500. The van der Waals surface area contributed by atoms with Gasteiger partial charge in [-0.05, 0) is 18.9 Å². The van der Waals surface area contributed by atoms with E-state index in [9.17, 15) is 14.0 Å². The second kappa shape index (κ2) is 6.24. The summed E-state index contributed by atoms with van der Waals surface area (Å²) in [5, 5.41) is 8.90. The Hall–Kier alpha value is -1.91. The second-order valence-electron chi connectivity index (χ2n) is 5.57. The summed E-state index contributed by atoms with van der Waals surface area (Å²) in [6, 6.07) is 4.62. The number of ether oxygens (including phenoxy) is 1. The Morgan fingerprint density at radius 3 is 2.52 bits per heavy atom. The number of ketones is 1. The van der Waals surface area contributed by atoms with Crippen molar-refractivity contribution in [1.82, 2.24) is 0 Å². The standard InChI is InChI=1S/C16H19FO4/c1-21-14-11(6-5-7-12(14)17)16(8-3-2-4-9-16)10-13(18)15(19)20/h5-7H,2-4,8-10H2,1H3,(H,19,20). The number of aliphatic carboxylic acids is 1. The first-order valence-electron chi connectivity index (χ1n) is 7.09. The van der Waals surface area contributed by atoms with Crippen molar-refractivity contribution in [3.05, 3.63) is 29.6 Å². The van der Waals surface area contributed by atoms with Crippen molar-refractivity contribution < 1.29 is 23.8 Å². The van der Waals surface area contributed by atoms with E-state index < -0.39 is 23.0 Å². The van der Waals surface area contributed by atoms with Crippen LogP contribution in [0.4, 0.5) is 4.39 Å². The Kier molecular flexibility index (Phi) is 4.60. The third-order valence-corrected chi connectivity index (χ3v) is 4.29. The summed E-state index contributed by atoms with van der Waals surface area (Å²) in [4.78, 5) is 22.7. The third-order valence-electron chi connectivity index (χ3n) is 4.29. The molecule has 1 saturated carbocycles. The van der Waals surface area contributed by atoms with Gasteiger partial charge in [0.2, 0.25) is 5.78 Å². The molecule has 0 amide bonds. The van der Waals surface area contributed by atoms with E-state index in [0.29, 0.717) is 18.4 Å². The van der Waals surface area contributed by atoms with Gasteiger partial charge in [-0.3, -0.25) is 4.79 Å². The maximum Gasteiger partial charge on any atom is 0.372 e. The van der Waals surface area contributed by atoms with Crippen molar-refractivity contribution in [3.8, 4) is 5.75 Å². The number of benzene rings is 1. The lowest BCUT2D eigenvalue weighted by Gasteiger charge is -2.38. The number of hydrogen-bond acceptors (Lipinski definition) is 3. The van der Waals surface area contributed by atoms with Gasteiger partial charge in [0.15, 0.2) is 11.6 Å². The molecule has 1 fully saturated rings. The van der Waals surface area contributed by atoms with Crippen LogP contribution in [0.2, 0.25) is 0 Å². The first-order chi connectivity index (χ1) is 10.00. The summed E-state index contributed by atoms with van der Waals surface area (Å²) in [6.07, 6.45) is 4.07. The molecule has 0 unspecified atom stereocenters. The largest absolute Gasteiger partial charge is 0.493 e. The lowest BCUT2D eigenvalue weighted by Crippen LogP contribution is -2.34. The van der Waals surface area contributed by atoms with Crippen molar-refractivity contribution >= 4 is 11.8 Å². The van der Waals surface area contributed by atoms with Gasteiger partial charge in [0.25, 0.3) is 0 Å². The zero-order valence-corrected chi connectivity index (χ0v) is 12.0. The number of rotatable bonds is 5. The predicted octanol–water partition coefficient (Wildman–Crippen LogP) is 3.08. The SMILES string of the molecule is COc1c(F)cccc1C1(CC(=O)C(=O)O)CCCCC1. The van der Waals surface area contributed by atoms with E-state index >= 15 is 0 Å². The average molecular weight is 294 g/mol. The molecule has 1 aromatic rings. The highest BCUT2D eigenvalue weighted by molar-refractivity contribution is 6.32. The smallest absolute Gasteiger partial charge is 0.372 e. The highest BCUT2D eigenvalue weighted by Crippen LogP contribution is 2.46. The van der Waals surface area contributed by atoms with Gasteiger partial charge in [-0.25, -0.2) is 9.18 Å². The van der Waals surface area contributed by atoms with Crippen LogP contribution in [0, 0.1) is 5.82 Å². The first kappa shape index (κ1) is 15.5. The molecule has 0 aromatic heterocycles. The maximum atomic E-state index is 13.9. The molecule has 0 aliphatic heterocycles. The molecule has 0 heterocycles. The van der Waals surface area contributed by atoms with E-state index in [2.05, 4.69) is 0 Å². The van der Waals surface area contributed by atoms with Crippen molar-refractivity contribution in [2.45, 2.75) is 43.9 Å². The van der Waals surface area contributed by atoms with Gasteiger partial charge in [0.05, 0.1) is 7.11 Å². The molecule has 0 spiro atoms. The predicted molar refractivity (Wildman–Crippen MR) is 75.0 cm³/mol. The highest BCUT2D eigenvalue weighted by atomic mass is 19.1. The molecule has 0 bridgehead atoms. The van der Waals surface area contributed by atoms with Crippen molar-refractivity contribution in [2.24, 2.45) is 0 Å². The zero-order valence-electron chi connectivity index (χ0n) is 12.0. The minimum absolute atomic E-state index is 0.109. The van der Waals surface area contributed by atoms with Crippen LogP contribution in [-0.2, 0) is 15.0 Å². The zero-order chi connectivity index (χ0) is 15.5.